The minimum atomic E-state index is 0.547. The predicted molar refractivity (Wildman–Crippen MR) is 73.1 cm³/mol. The van der Waals surface area contributed by atoms with E-state index in [4.69, 9.17) is 11.6 Å². The fourth-order valence-corrected chi connectivity index (χ4v) is 1.88. The molecule has 0 aliphatic heterocycles. The van der Waals surface area contributed by atoms with Gasteiger partial charge in [0.1, 0.15) is 0 Å². The number of hydrogen-bond acceptors (Lipinski definition) is 0. The first-order chi connectivity index (χ1) is 7.54. The molecule has 0 heterocycles. The third kappa shape index (κ3) is 3.68. The summed E-state index contributed by atoms with van der Waals surface area (Å²) in [7, 11) is 0. The molecule has 0 saturated carbocycles. The molecule has 0 aromatic heterocycles. The maximum atomic E-state index is 6.15. The van der Waals surface area contributed by atoms with E-state index in [-0.39, 0.29) is 0 Å². The maximum absolute atomic E-state index is 6.15. The molecular formula is C15H21Cl. The zero-order chi connectivity index (χ0) is 12.1. The smallest absolute Gasteiger partial charge is 0.0438 e. The van der Waals surface area contributed by atoms with Crippen LogP contribution in [0, 0.1) is 5.92 Å². The van der Waals surface area contributed by atoms with Crippen LogP contribution in [0.5, 0.6) is 0 Å². The van der Waals surface area contributed by atoms with E-state index in [2.05, 4.69) is 39.5 Å². The van der Waals surface area contributed by atoms with Gasteiger partial charge in [0.15, 0.2) is 0 Å². The summed E-state index contributed by atoms with van der Waals surface area (Å²) in [6.07, 6.45) is 3.15. The standard InChI is InChI=1S/C15H21Cl/c1-5-6-14-10-13(7-8-15(14)16)9-12(4)11(2)3/h7-8,10-11H,4-6,9H2,1-3H3. The van der Waals surface area contributed by atoms with Gasteiger partial charge >= 0.3 is 0 Å². The molecule has 16 heavy (non-hydrogen) atoms. The zero-order valence-electron chi connectivity index (χ0n) is 10.5. The summed E-state index contributed by atoms with van der Waals surface area (Å²) in [5.41, 5.74) is 3.87. The normalized spacial score (nSPS) is 10.8. The first-order valence-electron chi connectivity index (χ1n) is 5.99. The highest BCUT2D eigenvalue weighted by molar-refractivity contribution is 6.31. The quantitative estimate of drug-likeness (QED) is 0.628. The van der Waals surface area contributed by atoms with Gasteiger partial charge in [0.05, 0.1) is 0 Å². The highest BCUT2D eigenvalue weighted by Crippen LogP contribution is 2.22. The Bertz CT molecular complexity index is 364. The summed E-state index contributed by atoms with van der Waals surface area (Å²) in [4.78, 5) is 0. The summed E-state index contributed by atoms with van der Waals surface area (Å²) in [5, 5.41) is 0.890. The van der Waals surface area contributed by atoms with Crippen LogP contribution in [0.2, 0.25) is 5.02 Å². The van der Waals surface area contributed by atoms with Crippen molar-refractivity contribution >= 4 is 11.6 Å². The van der Waals surface area contributed by atoms with Gasteiger partial charge in [0.2, 0.25) is 0 Å². The molecule has 0 atom stereocenters. The number of benzene rings is 1. The lowest BCUT2D eigenvalue weighted by atomic mass is 9.96. The molecule has 1 rings (SSSR count). The van der Waals surface area contributed by atoms with E-state index in [9.17, 15) is 0 Å². The average molecular weight is 237 g/mol. The second kappa shape index (κ2) is 6.10. The summed E-state index contributed by atoms with van der Waals surface area (Å²) in [6, 6.07) is 6.34. The molecule has 0 radical (unpaired) electrons. The third-order valence-electron chi connectivity index (χ3n) is 2.88. The van der Waals surface area contributed by atoms with Crippen molar-refractivity contribution in [3.05, 3.63) is 46.5 Å². The molecule has 0 saturated heterocycles. The lowest BCUT2D eigenvalue weighted by molar-refractivity contribution is 0.744. The molecule has 0 fully saturated rings. The Morgan fingerprint density at radius 2 is 2.06 bits per heavy atom. The molecule has 0 aliphatic carbocycles. The van der Waals surface area contributed by atoms with Gasteiger partial charge in [0, 0.05) is 5.02 Å². The number of allylic oxidation sites excluding steroid dienone is 1. The minimum absolute atomic E-state index is 0.547. The van der Waals surface area contributed by atoms with E-state index < -0.39 is 0 Å². The van der Waals surface area contributed by atoms with Crippen LogP contribution in [0.25, 0.3) is 0 Å². The summed E-state index contributed by atoms with van der Waals surface area (Å²) in [5.74, 6) is 0.547. The van der Waals surface area contributed by atoms with Gasteiger partial charge in [-0.05, 0) is 36.0 Å². The Kier molecular flexibility index (Phi) is 5.08. The van der Waals surface area contributed by atoms with E-state index in [1.54, 1.807) is 0 Å². The van der Waals surface area contributed by atoms with Crippen LogP contribution >= 0.6 is 11.6 Å². The Hall–Kier alpha value is -0.750. The van der Waals surface area contributed by atoms with Gasteiger partial charge in [-0.1, -0.05) is 63.1 Å². The van der Waals surface area contributed by atoms with Crippen LogP contribution in [-0.2, 0) is 12.8 Å². The molecule has 0 aliphatic rings. The number of rotatable bonds is 5. The monoisotopic (exact) mass is 236 g/mol. The second-order valence-corrected chi connectivity index (χ2v) is 5.07. The maximum Gasteiger partial charge on any atom is 0.0438 e. The molecule has 1 aromatic carbocycles. The lowest BCUT2D eigenvalue weighted by Gasteiger charge is -2.11. The first kappa shape index (κ1) is 13.3. The SMILES string of the molecule is C=C(Cc1ccc(Cl)c(CCC)c1)C(C)C. The third-order valence-corrected chi connectivity index (χ3v) is 3.25. The Morgan fingerprint density at radius 3 is 2.62 bits per heavy atom. The molecule has 1 aromatic rings. The van der Waals surface area contributed by atoms with Gasteiger partial charge in [-0.15, -0.1) is 0 Å². The lowest BCUT2D eigenvalue weighted by Crippen LogP contribution is -1.98. The Morgan fingerprint density at radius 1 is 1.38 bits per heavy atom. The number of halogens is 1. The van der Waals surface area contributed by atoms with Crippen LogP contribution in [0.3, 0.4) is 0 Å². The largest absolute Gasteiger partial charge is 0.0993 e. The summed E-state index contributed by atoms with van der Waals surface area (Å²) in [6.45, 7) is 10.7. The zero-order valence-corrected chi connectivity index (χ0v) is 11.3. The van der Waals surface area contributed by atoms with Crippen LogP contribution in [0.4, 0.5) is 0 Å². The van der Waals surface area contributed by atoms with Crippen LogP contribution in [0.15, 0.2) is 30.4 Å². The van der Waals surface area contributed by atoms with Crippen molar-refractivity contribution in [3.63, 3.8) is 0 Å². The Labute approximate surface area is 104 Å². The van der Waals surface area contributed by atoms with Crippen molar-refractivity contribution in [2.75, 3.05) is 0 Å². The molecule has 0 nitrogen and oxygen atoms in total. The second-order valence-electron chi connectivity index (χ2n) is 4.67. The topological polar surface area (TPSA) is 0 Å². The van der Waals surface area contributed by atoms with Crippen molar-refractivity contribution in [3.8, 4) is 0 Å². The molecule has 88 valence electrons. The number of aryl methyl sites for hydroxylation is 1. The molecule has 0 unspecified atom stereocenters. The molecule has 0 bridgehead atoms. The highest BCUT2D eigenvalue weighted by atomic mass is 35.5. The summed E-state index contributed by atoms with van der Waals surface area (Å²) >= 11 is 6.15. The predicted octanol–water partition coefficient (Wildman–Crippen LogP) is 5.05. The van der Waals surface area contributed by atoms with Gasteiger partial charge in [0.25, 0.3) is 0 Å². The molecule has 0 spiro atoms. The average Bonchev–Trinajstić information content (AvgIpc) is 2.23. The van der Waals surface area contributed by atoms with Gasteiger partial charge < -0.3 is 0 Å². The molecule has 1 heteroatoms. The van der Waals surface area contributed by atoms with Crippen molar-refractivity contribution in [1.29, 1.82) is 0 Å². The van der Waals surface area contributed by atoms with E-state index in [1.807, 2.05) is 6.07 Å². The molecule has 0 N–H and O–H groups in total. The minimum Gasteiger partial charge on any atom is -0.0993 e. The highest BCUT2D eigenvalue weighted by Gasteiger charge is 2.05. The molecular weight excluding hydrogens is 216 g/mol. The van der Waals surface area contributed by atoms with Crippen LogP contribution in [-0.4, -0.2) is 0 Å². The van der Waals surface area contributed by atoms with Gasteiger partial charge in [-0.25, -0.2) is 0 Å². The molecule has 0 amide bonds. The van der Waals surface area contributed by atoms with E-state index in [1.165, 1.54) is 16.7 Å². The van der Waals surface area contributed by atoms with E-state index in [0.717, 1.165) is 24.3 Å². The van der Waals surface area contributed by atoms with Crippen LogP contribution in [0.1, 0.15) is 38.3 Å². The van der Waals surface area contributed by atoms with Crippen molar-refractivity contribution in [2.24, 2.45) is 5.92 Å². The van der Waals surface area contributed by atoms with Gasteiger partial charge in [-0.2, -0.15) is 0 Å². The van der Waals surface area contributed by atoms with Gasteiger partial charge in [-0.3, -0.25) is 0 Å². The van der Waals surface area contributed by atoms with Crippen LogP contribution < -0.4 is 0 Å². The first-order valence-corrected chi connectivity index (χ1v) is 6.37. The van der Waals surface area contributed by atoms with Crippen molar-refractivity contribution in [2.45, 2.75) is 40.0 Å². The van der Waals surface area contributed by atoms with E-state index in [0.29, 0.717) is 5.92 Å². The van der Waals surface area contributed by atoms with Crippen molar-refractivity contribution < 1.29 is 0 Å². The van der Waals surface area contributed by atoms with E-state index >= 15 is 0 Å². The Balaban J connectivity index is 2.82. The van der Waals surface area contributed by atoms with Crippen molar-refractivity contribution in [1.82, 2.24) is 0 Å². The fourth-order valence-electron chi connectivity index (χ4n) is 1.67. The summed E-state index contributed by atoms with van der Waals surface area (Å²) < 4.78 is 0. The number of hydrogen-bond donors (Lipinski definition) is 0. The fraction of sp³-hybridized carbons (Fsp3) is 0.467.